The van der Waals surface area contributed by atoms with E-state index in [2.05, 4.69) is 4.98 Å². The van der Waals surface area contributed by atoms with Crippen LogP contribution >= 0.6 is 0 Å². The third-order valence-corrected chi connectivity index (χ3v) is 4.69. The van der Waals surface area contributed by atoms with Crippen molar-refractivity contribution in [3.05, 3.63) is 54.4 Å². The van der Waals surface area contributed by atoms with Gasteiger partial charge < -0.3 is 9.47 Å². The van der Waals surface area contributed by atoms with Crippen LogP contribution in [-0.2, 0) is 11.2 Å². The zero-order valence-electron chi connectivity index (χ0n) is 13.4. The molecule has 1 aliphatic heterocycles. The van der Waals surface area contributed by atoms with Crippen LogP contribution in [0.3, 0.4) is 0 Å². The number of aromatic nitrogens is 2. The minimum Gasteiger partial charge on any atom is -0.341 e. The van der Waals surface area contributed by atoms with Crippen LogP contribution in [0.2, 0.25) is 0 Å². The smallest absolute Gasteiger partial charge is 0.245 e. The summed E-state index contributed by atoms with van der Waals surface area (Å²) in [6.07, 6.45) is 8.16. The number of hydrogen-bond acceptors (Lipinski definition) is 2. The summed E-state index contributed by atoms with van der Waals surface area (Å²) in [6.45, 7) is 3.50. The van der Waals surface area contributed by atoms with E-state index in [-0.39, 0.29) is 17.8 Å². The fourth-order valence-electron chi connectivity index (χ4n) is 3.20. The molecule has 1 amide bonds. The van der Waals surface area contributed by atoms with E-state index >= 15 is 0 Å². The number of carbonyl (C=O) groups is 1. The SMILES string of the molecule is C[C@@H](C(=O)N1CCC(Cc2ccc(F)cc2)CC1)n1ccnc1. The summed E-state index contributed by atoms with van der Waals surface area (Å²) in [5, 5.41) is 0. The van der Waals surface area contributed by atoms with Crippen molar-refractivity contribution in [1.82, 2.24) is 14.5 Å². The Morgan fingerprint density at radius 3 is 2.61 bits per heavy atom. The lowest BCUT2D eigenvalue weighted by Crippen LogP contribution is -2.42. The van der Waals surface area contributed by atoms with Gasteiger partial charge in [0.05, 0.1) is 6.33 Å². The summed E-state index contributed by atoms with van der Waals surface area (Å²) in [5.41, 5.74) is 1.17. The Kier molecular flexibility index (Phi) is 4.74. The molecule has 1 saturated heterocycles. The molecule has 0 aliphatic carbocycles. The minimum atomic E-state index is -0.203. The third kappa shape index (κ3) is 3.78. The van der Waals surface area contributed by atoms with Crippen molar-refractivity contribution < 1.29 is 9.18 Å². The van der Waals surface area contributed by atoms with E-state index in [9.17, 15) is 9.18 Å². The first-order chi connectivity index (χ1) is 11.1. The molecule has 0 spiro atoms. The number of rotatable bonds is 4. The molecule has 23 heavy (non-hydrogen) atoms. The molecule has 1 fully saturated rings. The van der Waals surface area contributed by atoms with Gasteiger partial charge in [-0.3, -0.25) is 4.79 Å². The first kappa shape index (κ1) is 15.7. The Hall–Kier alpha value is -2.17. The molecule has 0 saturated carbocycles. The monoisotopic (exact) mass is 315 g/mol. The number of nitrogens with zero attached hydrogens (tertiary/aromatic N) is 3. The second-order valence-corrected chi connectivity index (χ2v) is 6.29. The number of halogens is 1. The van der Waals surface area contributed by atoms with Gasteiger partial charge in [-0.15, -0.1) is 0 Å². The predicted molar refractivity (Wildman–Crippen MR) is 86.3 cm³/mol. The molecule has 5 heteroatoms. The minimum absolute atomic E-state index is 0.156. The molecule has 122 valence electrons. The van der Waals surface area contributed by atoms with E-state index in [1.54, 1.807) is 12.5 Å². The topological polar surface area (TPSA) is 38.1 Å². The van der Waals surface area contributed by atoms with Crippen LogP contribution < -0.4 is 0 Å². The van der Waals surface area contributed by atoms with Crippen molar-refractivity contribution in [3.63, 3.8) is 0 Å². The quantitative estimate of drug-likeness (QED) is 0.869. The molecule has 1 aliphatic rings. The van der Waals surface area contributed by atoms with E-state index in [0.29, 0.717) is 5.92 Å². The molecule has 2 aromatic rings. The van der Waals surface area contributed by atoms with Crippen molar-refractivity contribution in [2.24, 2.45) is 5.92 Å². The van der Waals surface area contributed by atoms with Crippen molar-refractivity contribution in [2.75, 3.05) is 13.1 Å². The van der Waals surface area contributed by atoms with E-state index in [1.165, 1.54) is 17.7 Å². The Morgan fingerprint density at radius 2 is 2.00 bits per heavy atom. The van der Waals surface area contributed by atoms with Crippen LogP contribution in [0.4, 0.5) is 4.39 Å². The van der Waals surface area contributed by atoms with Crippen LogP contribution in [0.15, 0.2) is 43.0 Å². The first-order valence-electron chi connectivity index (χ1n) is 8.14. The molecule has 4 nitrogen and oxygen atoms in total. The van der Waals surface area contributed by atoms with Crippen LogP contribution in [0.1, 0.15) is 31.4 Å². The van der Waals surface area contributed by atoms with Gasteiger partial charge in [-0.05, 0) is 49.8 Å². The highest BCUT2D eigenvalue weighted by molar-refractivity contribution is 5.80. The van der Waals surface area contributed by atoms with Gasteiger partial charge >= 0.3 is 0 Å². The number of hydrogen-bond donors (Lipinski definition) is 0. The summed E-state index contributed by atoms with van der Waals surface area (Å²) in [5.74, 6) is 0.527. The van der Waals surface area contributed by atoms with Crippen LogP contribution in [0.25, 0.3) is 0 Å². The maximum Gasteiger partial charge on any atom is 0.245 e. The lowest BCUT2D eigenvalue weighted by molar-refractivity contribution is -0.135. The van der Waals surface area contributed by atoms with Crippen molar-refractivity contribution in [1.29, 1.82) is 0 Å². The molecule has 0 unspecified atom stereocenters. The Balaban J connectivity index is 1.52. The summed E-state index contributed by atoms with van der Waals surface area (Å²) in [6, 6.07) is 6.54. The molecule has 3 rings (SSSR count). The van der Waals surface area contributed by atoms with Gasteiger partial charge in [0.15, 0.2) is 0 Å². The predicted octanol–water partition coefficient (Wildman–Crippen LogP) is 3.06. The number of imidazole rings is 1. The van der Waals surface area contributed by atoms with E-state index in [4.69, 9.17) is 0 Å². The third-order valence-electron chi connectivity index (χ3n) is 4.69. The first-order valence-corrected chi connectivity index (χ1v) is 8.14. The summed E-state index contributed by atoms with van der Waals surface area (Å²) < 4.78 is 14.8. The lowest BCUT2D eigenvalue weighted by Gasteiger charge is -2.33. The van der Waals surface area contributed by atoms with Gasteiger partial charge in [-0.2, -0.15) is 0 Å². The molecule has 1 aromatic heterocycles. The van der Waals surface area contributed by atoms with Crippen LogP contribution in [-0.4, -0.2) is 33.4 Å². The maximum atomic E-state index is 12.9. The van der Waals surface area contributed by atoms with Gasteiger partial charge in [0.1, 0.15) is 11.9 Å². The molecule has 2 heterocycles. The largest absolute Gasteiger partial charge is 0.341 e. The Bertz CT molecular complexity index is 631. The normalized spacial score (nSPS) is 17.2. The van der Waals surface area contributed by atoms with Crippen molar-refractivity contribution in [3.8, 4) is 0 Å². The molecule has 0 radical (unpaired) electrons. The summed E-state index contributed by atoms with van der Waals surface area (Å²) in [4.78, 5) is 18.5. The number of carbonyl (C=O) groups excluding carboxylic acids is 1. The number of piperidine rings is 1. The van der Waals surface area contributed by atoms with Gasteiger partial charge in [-0.25, -0.2) is 9.37 Å². The highest BCUT2D eigenvalue weighted by Gasteiger charge is 2.26. The van der Waals surface area contributed by atoms with Gasteiger partial charge in [0.25, 0.3) is 0 Å². The van der Waals surface area contributed by atoms with Gasteiger partial charge in [0, 0.05) is 25.5 Å². The van der Waals surface area contributed by atoms with Crippen molar-refractivity contribution >= 4 is 5.91 Å². The Labute approximate surface area is 135 Å². The molecule has 0 N–H and O–H groups in total. The average molecular weight is 315 g/mol. The second-order valence-electron chi connectivity index (χ2n) is 6.29. The second kappa shape index (κ2) is 6.94. The zero-order chi connectivity index (χ0) is 16.2. The summed E-state index contributed by atoms with van der Waals surface area (Å²) >= 11 is 0. The Morgan fingerprint density at radius 1 is 1.30 bits per heavy atom. The van der Waals surface area contributed by atoms with Crippen LogP contribution in [0.5, 0.6) is 0 Å². The number of likely N-dealkylation sites (tertiary alicyclic amines) is 1. The lowest BCUT2D eigenvalue weighted by atomic mass is 9.90. The zero-order valence-corrected chi connectivity index (χ0v) is 13.4. The maximum absolute atomic E-state index is 12.9. The van der Waals surface area contributed by atoms with Crippen molar-refractivity contribution in [2.45, 2.75) is 32.2 Å². The molecule has 0 bridgehead atoms. The van der Waals surface area contributed by atoms with Gasteiger partial charge in [-0.1, -0.05) is 12.1 Å². The fourth-order valence-corrected chi connectivity index (χ4v) is 3.20. The summed E-state index contributed by atoms with van der Waals surface area (Å²) in [7, 11) is 0. The molecule has 1 aromatic carbocycles. The average Bonchev–Trinajstić information content (AvgIpc) is 3.11. The van der Waals surface area contributed by atoms with E-state index in [0.717, 1.165) is 32.4 Å². The molecular weight excluding hydrogens is 293 g/mol. The fraction of sp³-hybridized carbons (Fsp3) is 0.444. The highest BCUT2D eigenvalue weighted by Crippen LogP contribution is 2.23. The van der Waals surface area contributed by atoms with E-state index in [1.807, 2.05) is 34.7 Å². The van der Waals surface area contributed by atoms with Crippen LogP contribution in [0, 0.1) is 11.7 Å². The standard InChI is InChI=1S/C18H22FN3O/c1-14(22-11-8-20-13-22)18(23)21-9-6-16(7-10-21)12-15-2-4-17(19)5-3-15/h2-5,8,11,13-14,16H,6-7,9-10,12H2,1H3/t14-/m0/s1. The highest BCUT2D eigenvalue weighted by atomic mass is 19.1. The molecule has 1 atom stereocenters. The molecular formula is C18H22FN3O. The van der Waals surface area contributed by atoms with E-state index < -0.39 is 0 Å². The number of benzene rings is 1. The van der Waals surface area contributed by atoms with Gasteiger partial charge in [0.2, 0.25) is 5.91 Å². The number of amides is 1.